The van der Waals surface area contributed by atoms with Crippen LogP contribution in [0.4, 0.5) is 5.69 Å². The molecule has 5 heteroatoms. The van der Waals surface area contributed by atoms with Crippen LogP contribution in [0.15, 0.2) is 58.3 Å². The van der Waals surface area contributed by atoms with Crippen LogP contribution < -0.4 is 10.2 Å². The molecule has 2 aromatic rings. The van der Waals surface area contributed by atoms with E-state index in [4.69, 9.17) is 0 Å². The Morgan fingerprint density at radius 2 is 1.75 bits per heavy atom. The molecule has 2 aliphatic heterocycles. The number of hydrogen-bond acceptors (Lipinski definition) is 4. The highest BCUT2D eigenvalue weighted by Gasteiger charge is 2.37. The first-order chi connectivity index (χ1) is 11.6. The summed E-state index contributed by atoms with van der Waals surface area (Å²) in [7, 11) is -1.33. The number of sulfone groups is 1. The average molecular weight is 342 g/mol. The summed E-state index contributed by atoms with van der Waals surface area (Å²) in [6.07, 6.45) is 2.15. The molecule has 1 N–H and O–H groups in total. The van der Waals surface area contributed by atoms with Crippen LogP contribution >= 0.6 is 0 Å². The van der Waals surface area contributed by atoms with Crippen LogP contribution in [0.1, 0.15) is 24.3 Å². The van der Waals surface area contributed by atoms with Crippen LogP contribution in [0.25, 0.3) is 0 Å². The summed E-state index contributed by atoms with van der Waals surface area (Å²) in [6.45, 7) is 2.01. The first kappa shape index (κ1) is 15.7. The molecule has 2 heterocycles. The van der Waals surface area contributed by atoms with E-state index in [1.807, 2.05) is 18.2 Å². The van der Waals surface area contributed by atoms with Gasteiger partial charge in [0.2, 0.25) is 9.84 Å². The van der Waals surface area contributed by atoms with Gasteiger partial charge >= 0.3 is 0 Å². The lowest BCUT2D eigenvalue weighted by Gasteiger charge is -2.24. The number of rotatable bonds is 2. The van der Waals surface area contributed by atoms with E-state index in [-0.39, 0.29) is 0 Å². The van der Waals surface area contributed by atoms with Gasteiger partial charge in [-0.05, 0) is 61.8 Å². The quantitative estimate of drug-likeness (QED) is 0.912. The fourth-order valence-electron chi connectivity index (χ4n) is 4.08. The number of anilines is 1. The molecule has 0 amide bonds. The Hall–Kier alpha value is -1.85. The fourth-order valence-corrected chi connectivity index (χ4v) is 5.40. The molecule has 0 aromatic heterocycles. The van der Waals surface area contributed by atoms with E-state index < -0.39 is 9.84 Å². The van der Waals surface area contributed by atoms with Gasteiger partial charge < -0.3 is 10.2 Å². The number of nitrogens with zero attached hydrogens (tertiary/aromatic N) is 1. The Labute approximate surface area is 143 Å². The maximum atomic E-state index is 12.9. The zero-order chi connectivity index (χ0) is 16.7. The molecule has 0 spiro atoms. The minimum atomic E-state index is -3.46. The molecule has 1 fully saturated rings. The second-order valence-corrected chi connectivity index (χ2v) is 8.60. The molecule has 4 nitrogen and oxygen atoms in total. The van der Waals surface area contributed by atoms with Crippen LogP contribution in [0.5, 0.6) is 0 Å². The van der Waals surface area contributed by atoms with Crippen molar-refractivity contribution in [1.29, 1.82) is 0 Å². The highest BCUT2D eigenvalue weighted by Crippen LogP contribution is 2.44. The molecule has 126 valence electrons. The minimum absolute atomic E-state index is 0.357. The van der Waals surface area contributed by atoms with Gasteiger partial charge in [-0.1, -0.05) is 18.2 Å². The van der Waals surface area contributed by atoms with Gasteiger partial charge in [0.1, 0.15) is 0 Å². The summed E-state index contributed by atoms with van der Waals surface area (Å²) in [5.41, 5.74) is 2.36. The van der Waals surface area contributed by atoms with E-state index in [1.54, 1.807) is 30.3 Å². The third-order valence-electron chi connectivity index (χ3n) is 5.35. The number of likely N-dealkylation sites (N-methyl/N-ethyl adjacent to an activating group) is 1. The molecule has 0 radical (unpaired) electrons. The maximum Gasteiger partial charge on any atom is 0.206 e. The third kappa shape index (κ3) is 2.43. The van der Waals surface area contributed by atoms with Crippen molar-refractivity contribution in [3.05, 3.63) is 54.1 Å². The Kier molecular flexibility index (Phi) is 3.85. The summed E-state index contributed by atoms with van der Waals surface area (Å²) in [4.78, 5) is 3.08. The second-order valence-electron chi connectivity index (χ2n) is 6.65. The first-order valence-corrected chi connectivity index (χ1v) is 9.95. The lowest BCUT2D eigenvalue weighted by molar-refractivity contribution is 0.531. The Morgan fingerprint density at radius 3 is 2.54 bits per heavy atom. The maximum absolute atomic E-state index is 12.9. The minimum Gasteiger partial charge on any atom is -0.371 e. The Morgan fingerprint density at radius 1 is 1.00 bits per heavy atom. The molecule has 2 aliphatic rings. The SMILES string of the molecule is CN1c2ccc(S(=O)(=O)c3ccccc3)cc2C2CCNCCC21. The molecular weight excluding hydrogens is 320 g/mol. The van der Waals surface area contributed by atoms with E-state index in [9.17, 15) is 8.42 Å². The Balaban J connectivity index is 1.78. The van der Waals surface area contributed by atoms with Crippen molar-refractivity contribution < 1.29 is 8.42 Å². The number of benzene rings is 2. The summed E-state index contributed by atoms with van der Waals surface area (Å²) in [5.74, 6) is 0.408. The van der Waals surface area contributed by atoms with E-state index in [0.29, 0.717) is 21.8 Å². The topological polar surface area (TPSA) is 49.4 Å². The number of fused-ring (bicyclic) bond motifs is 3. The Bertz CT molecular complexity index is 849. The number of nitrogens with one attached hydrogen (secondary N) is 1. The zero-order valence-electron chi connectivity index (χ0n) is 13.8. The summed E-state index contributed by atoms with van der Waals surface area (Å²) in [6, 6.07) is 14.8. The second kappa shape index (κ2) is 5.90. The van der Waals surface area contributed by atoms with Crippen molar-refractivity contribution in [2.24, 2.45) is 0 Å². The highest BCUT2D eigenvalue weighted by atomic mass is 32.2. The molecular formula is C19H22N2O2S. The van der Waals surface area contributed by atoms with Gasteiger partial charge in [0, 0.05) is 24.7 Å². The van der Waals surface area contributed by atoms with Crippen molar-refractivity contribution in [3.8, 4) is 0 Å². The third-order valence-corrected chi connectivity index (χ3v) is 7.12. The van der Waals surface area contributed by atoms with Crippen molar-refractivity contribution >= 4 is 15.5 Å². The van der Waals surface area contributed by atoms with Crippen LogP contribution in [-0.4, -0.2) is 34.6 Å². The standard InChI is InChI=1S/C19H22N2O2S/c1-21-18-8-7-15(24(22,23)14-5-3-2-4-6-14)13-17(18)16-9-11-20-12-10-19(16)21/h2-8,13,16,19-20H,9-12H2,1H3. The molecule has 4 rings (SSSR count). The largest absolute Gasteiger partial charge is 0.371 e. The summed E-state index contributed by atoms with van der Waals surface area (Å²) >= 11 is 0. The lowest BCUT2D eigenvalue weighted by atomic mass is 9.91. The monoisotopic (exact) mass is 342 g/mol. The molecule has 2 unspecified atom stereocenters. The van der Waals surface area contributed by atoms with Crippen molar-refractivity contribution in [2.75, 3.05) is 25.0 Å². The molecule has 0 saturated carbocycles. The predicted molar refractivity (Wildman–Crippen MR) is 95.4 cm³/mol. The molecule has 0 aliphatic carbocycles. The van der Waals surface area contributed by atoms with Gasteiger partial charge in [0.25, 0.3) is 0 Å². The van der Waals surface area contributed by atoms with Crippen LogP contribution in [0, 0.1) is 0 Å². The van der Waals surface area contributed by atoms with Gasteiger partial charge in [-0.3, -0.25) is 0 Å². The van der Waals surface area contributed by atoms with Gasteiger partial charge in [-0.2, -0.15) is 0 Å². The van der Waals surface area contributed by atoms with Gasteiger partial charge in [0.15, 0.2) is 0 Å². The predicted octanol–water partition coefficient (Wildman–Crippen LogP) is 2.80. The first-order valence-electron chi connectivity index (χ1n) is 8.46. The van der Waals surface area contributed by atoms with E-state index in [2.05, 4.69) is 17.3 Å². The molecule has 24 heavy (non-hydrogen) atoms. The lowest BCUT2D eigenvalue weighted by Crippen LogP contribution is -2.30. The average Bonchev–Trinajstić information content (AvgIpc) is 2.78. The smallest absolute Gasteiger partial charge is 0.206 e. The van der Waals surface area contributed by atoms with Crippen LogP contribution in [0.2, 0.25) is 0 Å². The molecule has 0 bridgehead atoms. The summed E-state index contributed by atoms with van der Waals surface area (Å²) in [5, 5.41) is 3.45. The molecule has 2 atom stereocenters. The molecule has 2 aromatic carbocycles. The van der Waals surface area contributed by atoms with Crippen molar-refractivity contribution in [3.63, 3.8) is 0 Å². The van der Waals surface area contributed by atoms with E-state index in [1.165, 1.54) is 11.3 Å². The van der Waals surface area contributed by atoms with Crippen LogP contribution in [-0.2, 0) is 9.84 Å². The number of hydrogen-bond donors (Lipinski definition) is 1. The van der Waals surface area contributed by atoms with Gasteiger partial charge in [-0.15, -0.1) is 0 Å². The summed E-state index contributed by atoms with van der Waals surface area (Å²) < 4.78 is 25.8. The van der Waals surface area contributed by atoms with Gasteiger partial charge in [0.05, 0.1) is 9.79 Å². The normalized spacial score (nSPS) is 23.5. The van der Waals surface area contributed by atoms with E-state index >= 15 is 0 Å². The highest BCUT2D eigenvalue weighted by molar-refractivity contribution is 7.91. The van der Waals surface area contributed by atoms with Crippen molar-refractivity contribution in [2.45, 2.75) is 34.6 Å². The molecule has 1 saturated heterocycles. The zero-order valence-corrected chi connectivity index (χ0v) is 14.6. The van der Waals surface area contributed by atoms with E-state index in [0.717, 1.165) is 25.9 Å². The van der Waals surface area contributed by atoms with Crippen molar-refractivity contribution in [1.82, 2.24) is 5.32 Å². The van der Waals surface area contributed by atoms with Crippen LogP contribution in [0.3, 0.4) is 0 Å². The van der Waals surface area contributed by atoms with Gasteiger partial charge in [-0.25, -0.2) is 8.42 Å². The fraction of sp³-hybridized carbons (Fsp3) is 0.368.